The third kappa shape index (κ3) is 46.5. The van der Waals surface area contributed by atoms with Gasteiger partial charge in [-0.3, -0.25) is 71.8 Å². The Hall–Kier alpha value is -4.86. The van der Waals surface area contributed by atoms with Crippen LogP contribution in [0.15, 0.2) is 79.0 Å². The number of nitrogens with zero attached hydrogens (tertiary/aromatic N) is 1. The molecule has 1 saturated heterocycles. The molecule has 1 aliphatic heterocycles. The fraction of sp³-hybridized carbons (Fsp3) is 0.552. The quantitative estimate of drug-likeness (QED) is 0.00845. The summed E-state index contributed by atoms with van der Waals surface area (Å²) in [5.41, 5.74) is 1.83. The number of aromatic nitrogens is 1. The average Bonchev–Trinajstić information content (AvgIpc) is 0.891. The van der Waals surface area contributed by atoms with Crippen LogP contribution in [0.2, 0.25) is 0 Å². The molecule has 13 atom stereocenters. The summed E-state index contributed by atoms with van der Waals surface area (Å²) in [5, 5.41) is 55.7. The predicted octanol–water partition coefficient (Wildman–Crippen LogP) is -16.8. The van der Waals surface area contributed by atoms with Crippen molar-refractivity contribution in [2.75, 3.05) is 57.6 Å². The van der Waals surface area contributed by atoms with Crippen molar-refractivity contribution in [3.63, 3.8) is 0 Å². The molecule has 1 aromatic heterocycles. The first-order valence-electron chi connectivity index (χ1n) is 34.7. The zero-order valence-corrected chi connectivity index (χ0v) is 76.5. The molecule has 0 aliphatic carbocycles. The standard InChI is InChI=1S/C67H100N14O19S2.4Na.2O3S/c1-8-40(3)48-36-56(85)54(32-43-16-12-10-13-17-43)79-65(92)49(22-26-68-6)77-64(91)52(25-31-74-67(94)59(42(5)83)81-66(93)51(24-29-72-39-102(98,99)100)78-63(90)50(76-62(48)89)23-28-70-9-2)75-61(88)47(37-69-7)35-57(86)58(41(4)82)80-60(87)46(20-27-71-38-101(95,96)97)34-55(84)45-21-30-73-53(33-45)44-18-14-11-15-19-44;;;;;2*1-4(2)3/h10-19,21,30,33,40-42,46-52,54,58-59,68-72,82-83H,6-9,20,22-29,31-32,34-39H2,1-5H3,(H,74,94)(H,75,88)(H,76,89)(H,77,91)(H,78,90)(H,79,92)(H,80,87)(H,81,93)(H,95,96,97)(H,98,99,100);;;;;;/q-2;4*+1;;/p-2/t40-,41+,42+,46+,47-,48-,49-,50-,51-,52-,54+,58-,59-;;;;;;/m0....../s1. The Morgan fingerprint density at radius 3 is 1.62 bits per heavy atom. The van der Waals surface area contributed by atoms with Crippen LogP contribution >= 0.6 is 0 Å². The van der Waals surface area contributed by atoms with Gasteiger partial charge in [-0.2, -0.15) is 0 Å². The van der Waals surface area contributed by atoms with Gasteiger partial charge in [0.15, 0.2) is 17.3 Å². The minimum absolute atomic E-state index is 0. The molecule has 0 bridgehead atoms. The molecular weight excluding hydrogens is 1620 g/mol. The fourth-order valence-corrected chi connectivity index (χ4v) is 11.8. The van der Waals surface area contributed by atoms with E-state index >= 15 is 0 Å². The smallest absolute Gasteiger partial charge is 0.747 e. The molecule has 2 aromatic carbocycles. The van der Waals surface area contributed by atoms with Gasteiger partial charge in [0.25, 0.3) is 0 Å². The van der Waals surface area contributed by atoms with Crippen molar-refractivity contribution < 1.29 is 232 Å². The molecule has 47 heteroatoms. The van der Waals surface area contributed by atoms with Crippen LogP contribution in [0.3, 0.4) is 0 Å². The maximum atomic E-state index is 14.9. The number of pyridine rings is 1. The minimum atomic E-state index is -4.83. The normalized spacial score (nSPS) is 19.6. The monoisotopic (exact) mass is 1720 g/mol. The van der Waals surface area contributed by atoms with E-state index in [0.29, 0.717) is 29.8 Å². The fourth-order valence-electron chi connectivity index (χ4n) is 11.0. The summed E-state index contributed by atoms with van der Waals surface area (Å²) >= 11 is 0. The number of rotatable bonds is 36. The van der Waals surface area contributed by atoms with Gasteiger partial charge < -0.3 is 88.4 Å². The third-order valence-corrected chi connectivity index (χ3v) is 18.1. The third-order valence-electron chi connectivity index (χ3n) is 17.0. The van der Waals surface area contributed by atoms with Gasteiger partial charge in [0.1, 0.15) is 56.5 Å². The van der Waals surface area contributed by atoms with Gasteiger partial charge in [0.2, 0.25) is 47.3 Å². The van der Waals surface area contributed by atoms with Gasteiger partial charge in [-0.25, -0.2) is 16.8 Å². The van der Waals surface area contributed by atoms with Gasteiger partial charge in [0, 0.05) is 55.0 Å². The van der Waals surface area contributed by atoms with E-state index in [0.717, 1.165) is 13.8 Å². The summed E-state index contributed by atoms with van der Waals surface area (Å²) < 4.78 is 120. The Bertz CT molecular complexity index is 3990. The molecule has 0 unspecified atom stereocenters. The van der Waals surface area contributed by atoms with Crippen molar-refractivity contribution in [3.8, 4) is 11.3 Å². The van der Waals surface area contributed by atoms with E-state index in [1.807, 2.05) is 0 Å². The number of hydrogen-bond donors (Lipinski definition) is 15. The summed E-state index contributed by atoms with van der Waals surface area (Å²) in [7, 11) is -8.61. The molecule has 0 saturated carbocycles. The second kappa shape index (κ2) is 60.6. The van der Waals surface area contributed by atoms with Gasteiger partial charge in [0.05, 0.1) is 41.6 Å². The molecular formula is C67H98N14Na4O25S4. The Morgan fingerprint density at radius 2 is 1.11 bits per heavy atom. The van der Waals surface area contributed by atoms with Crippen molar-refractivity contribution >= 4 is 106 Å². The van der Waals surface area contributed by atoms with E-state index in [-0.39, 0.29) is 169 Å². The van der Waals surface area contributed by atoms with Crippen LogP contribution in [0.4, 0.5) is 0 Å². The summed E-state index contributed by atoms with van der Waals surface area (Å²) in [6, 6.07) is 8.94. The Labute approximate surface area is 754 Å². The second-order valence-corrected chi connectivity index (χ2v) is 29.1. The molecule has 2 heterocycles. The Balaban J connectivity index is -0.00000977. The van der Waals surface area contributed by atoms with Crippen LogP contribution in [0.5, 0.6) is 0 Å². The van der Waals surface area contributed by atoms with Gasteiger partial charge in [-0.05, 0) is 115 Å². The first kappa shape index (κ1) is 113. The molecule has 114 heavy (non-hydrogen) atoms. The molecule has 1 fully saturated rings. The second-order valence-electron chi connectivity index (χ2n) is 25.5. The zero-order valence-electron chi connectivity index (χ0n) is 65.2. The van der Waals surface area contributed by atoms with Crippen molar-refractivity contribution in [2.45, 2.75) is 153 Å². The molecule has 0 spiro atoms. The van der Waals surface area contributed by atoms with E-state index in [4.69, 9.17) is 25.3 Å². The largest absolute Gasteiger partial charge is 1.00 e. The van der Waals surface area contributed by atoms with Crippen LogP contribution in [0, 0.1) is 37.8 Å². The first-order valence-corrected chi connectivity index (χ1v) is 39.8. The van der Waals surface area contributed by atoms with Crippen molar-refractivity contribution in [2.24, 2.45) is 23.7 Å². The Kier molecular flexibility index (Phi) is 60.2. The van der Waals surface area contributed by atoms with Gasteiger partial charge in [-0.1, -0.05) is 87.9 Å². The van der Waals surface area contributed by atoms with E-state index in [1.54, 1.807) is 81.4 Å². The first-order chi connectivity index (χ1) is 51.8. The van der Waals surface area contributed by atoms with Crippen molar-refractivity contribution in [3.05, 3.63) is 104 Å². The van der Waals surface area contributed by atoms with Crippen LogP contribution in [0.25, 0.3) is 11.3 Å². The summed E-state index contributed by atoms with van der Waals surface area (Å²) in [6.45, 7) is 6.46. The molecule has 8 amide bonds. The number of carbonyl (C=O) groups is 11. The number of benzene rings is 2. The molecule has 4 rings (SSSR count). The predicted molar refractivity (Wildman–Crippen MR) is 391 cm³/mol. The topological polar surface area (TPSA) is 614 Å². The molecule has 3 aromatic rings. The van der Waals surface area contributed by atoms with E-state index in [2.05, 4.69) is 88.2 Å². The Morgan fingerprint density at radius 1 is 0.614 bits per heavy atom. The number of Topliss-reactive ketones (excluding diaryl/α,β-unsaturated/α-hetero) is 3. The van der Waals surface area contributed by atoms with E-state index in [1.165, 1.54) is 18.3 Å². The number of aliphatic hydroxyl groups excluding tert-OH is 2. The van der Waals surface area contributed by atoms with Crippen molar-refractivity contribution in [1.29, 1.82) is 0 Å². The molecule has 39 nitrogen and oxygen atoms in total. The SMILES string of the molecule is O=S(=O)=O.O=S(=O)=O.[CH2-]NCC[C@@H]1NC(=O)[C@@H](NC(=O)[C@H](CN[CH2-])CC(=O)[C@@H](NC(=O)[C@H](CCNCS(=O)(=O)[O-])CC(=O)c2ccnc(-c3ccccc3)c2)[C@@H](C)O)CCNC(=O)[C@H]([C@@H](C)O)NC(=O)[C@H](CCNCS(=O)(=O)[O-])NC(=O)[C@H](CCNCC)NC(=O)[C@H]([C@@H](C)CC)CC(=O)[C@@H](Cc2ccccc2)NC1=O.[Na+].[Na+].[Na+].[Na+]. The summed E-state index contributed by atoms with van der Waals surface area (Å²) in [4.78, 5) is 164. The number of amides is 8. The van der Waals surface area contributed by atoms with Crippen LogP contribution in [-0.2, 0) is 95.8 Å². The summed E-state index contributed by atoms with van der Waals surface area (Å²) in [5.74, 6) is -16.7. The number of ketones is 3. The maximum Gasteiger partial charge on any atom is 1.00 e. The van der Waals surface area contributed by atoms with E-state index < -0.39 is 248 Å². The van der Waals surface area contributed by atoms with Gasteiger partial charge >= 0.3 is 139 Å². The molecule has 614 valence electrons. The number of aliphatic hydroxyl groups is 2. The molecule has 15 N–H and O–H groups in total. The number of nitrogens with one attached hydrogen (secondary N) is 13. The van der Waals surface area contributed by atoms with Crippen LogP contribution in [-0.4, -0.2) is 243 Å². The zero-order chi connectivity index (χ0) is 82.8. The minimum Gasteiger partial charge on any atom is -0.747 e. The summed E-state index contributed by atoms with van der Waals surface area (Å²) in [6.07, 6.45) is -5.10. The number of carbonyl (C=O) groups excluding carboxylic acids is 11. The molecule has 1 aliphatic rings. The van der Waals surface area contributed by atoms with E-state index in [9.17, 15) is 88.9 Å². The number of hydrogen-bond acceptors (Lipinski definition) is 31. The van der Waals surface area contributed by atoms with Gasteiger partial charge in [-0.15, -0.1) is 25.3 Å². The van der Waals surface area contributed by atoms with Crippen LogP contribution in [0.1, 0.15) is 108 Å². The maximum absolute atomic E-state index is 14.9. The molecule has 0 radical (unpaired) electrons. The average molecular weight is 1720 g/mol. The van der Waals surface area contributed by atoms with Crippen molar-refractivity contribution in [1.82, 2.24) is 74.1 Å². The van der Waals surface area contributed by atoms with Crippen LogP contribution < -0.4 is 187 Å².